The molecule has 8 nitrogen and oxygen atoms in total. The third-order valence-corrected chi connectivity index (χ3v) is 5.85. The first-order chi connectivity index (χ1) is 11.9. The molecule has 1 aliphatic rings. The van der Waals surface area contributed by atoms with Crippen molar-refractivity contribution in [3.63, 3.8) is 0 Å². The highest BCUT2D eigenvalue weighted by Crippen LogP contribution is 2.32. The summed E-state index contributed by atoms with van der Waals surface area (Å²) in [7, 11) is -3.68. The maximum absolute atomic E-state index is 11.3. The van der Waals surface area contributed by atoms with Crippen LogP contribution in [-0.4, -0.2) is 27.6 Å². The number of aliphatic imine (C=N–C) groups is 1. The van der Waals surface area contributed by atoms with Crippen LogP contribution >= 0.6 is 11.3 Å². The predicted octanol–water partition coefficient (Wildman–Crippen LogP) is 1.48. The lowest BCUT2D eigenvalue weighted by Crippen LogP contribution is -2.22. The van der Waals surface area contributed by atoms with Crippen LogP contribution in [0, 0.1) is 0 Å². The summed E-state index contributed by atoms with van der Waals surface area (Å²) in [6.45, 7) is 1.49. The van der Waals surface area contributed by atoms with Crippen molar-refractivity contribution in [2.45, 2.75) is 17.2 Å². The van der Waals surface area contributed by atoms with Crippen LogP contribution in [0.15, 0.2) is 39.5 Å². The van der Waals surface area contributed by atoms with Crippen molar-refractivity contribution >= 4 is 33.0 Å². The van der Waals surface area contributed by atoms with Gasteiger partial charge in [0, 0.05) is 23.1 Å². The van der Waals surface area contributed by atoms with Crippen molar-refractivity contribution in [2.75, 3.05) is 18.5 Å². The van der Waals surface area contributed by atoms with Crippen LogP contribution in [0.4, 0.5) is 5.69 Å². The largest absolute Gasteiger partial charge is 0.490 e. The molecule has 2 aromatic rings. The number of nitrogens with zero attached hydrogens (tertiary/aromatic N) is 1. The van der Waals surface area contributed by atoms with Crippen molar-refractivity contribution in [1.29, 1.82) is 0 Å². The Morgan fingerprint density at radius 3 is 2.68 bits per heavy atom. The van der Waals surface area contributed by atoms with Gasteiger partial charge < -0.3 is 20.5 Å². The second-order valence-corrected chi connectivity index (χ2v) is 8.26. The molecule has 0 saturated heterocycles. The fraction of sp³-hybridized carbons (Fsp3) is 0.267. The molecule has 0 unspecified atom stereocenters. The zero-order valence-electron chi connectivity index (χ0n) is 13.3. The van der Waals surface area contributed by atoms with Gasteiger partial charge in [0.15, 0.2) is 17.5 Å². The summed E-state index contributed by atoms with van der Waals surface area (Å²) < 4.78 is 33.8. The number of fused-ring (bicyclic) bond motifs is 1. The Labute approximate surface area is 149 Å². The van der Waals surface area contributed by atoms with Gasteiger partial charge >= 0.3 is 0 Å². The van der Waals surface area contributed by atoms with E-state index < -0.39 is 10.0 Å². The summed E-state index contributed by atoms with van der Waals surface area (Å²) in [5.41, 5.74) is 6.61. The lowest BCUT2D eigenvalue weighted by molar-refractivity contribution is 0.297. The number of hydrogen-bond donors (Lipinski definition) is 3. The first-order valence-electron chi connectivity index (χ1n) is 7.50. The maximum Gasteiger partial charge on any atom is 0.247 e. The van der Waals surface area contributed by atoms with E-state index in [9.17, 15) is 8.42 Å². The van der Waals surface area contributed by atoms with E-state index >= 15 is 0 Å². The quantitative estimate of drug-likeness (QED) is 0.543. The van der Waals surface area contributed by atoms with E-state index in [0.29, 0.717) is 24.7 Å². The van der Waals surface area contributed by atoms with Gasteiger partial charge in [0.25, 0.3) is 0 Å². The van der Waals surface area contributed by atoms with Crippen LogP contribution in [0.5, 0.6) is 11.5 Å². The third kappa shape index (κ3) is 4.62. The fourth-order valence-electron chi connectivity index (χ4n) is 2.19. The summed E-state index contributed by atoms with van der Waals surface area (Å²) in [5.74, 6) is 1.57. The van der Waals surface area contributed by atoms with Crippen molar-refractivity contribution in [3.05, 3.63) is 35.2 Å². The Bertz CT molecular complexity index is 893. The van der Waals surface area contributed by atoms with Gasteiger partial charge in [-0.15, -0.1) is 11.3 Å². The summed E-state index contributed by atoms with van der Waals surface area (Å²) in [5, 5.41) is 8.06. The summed E-state index contributed by atoms with van der Waals surface area (Å²) in [6, 6.07) is 8.55. The summed E-state index contributed by atoms with van der Waals surface area (Å²) in [6.07, 6.45) is 0.836. The molecule has 0 bridgehead atoms. The molecular formula is C15H18N4O4S2. The monoisotopic (exact) mass is 382 g/mol. The number of guanidine groups is 1. The first kappa shape index (κ1) is 17.5. The minimum absolute atomic E-state index is 0.104. The first-order valence-corrected chi connectivity index (χ1v) is 9.86. The van der Waals surface area contributed by atoms with Gasteiger partial charge in [-0.1, -0.05) is 0 Å². The molecule has 25 heavy (non-hydrogen) atoms. The van der Waals surface area contributed by atoms with Crippen LogP contribution in [0.2, 0.25) is 0 Å². The van der Waals surface area contributed by atoms with Gasteiger partial charge in [0.05, 0.1) is 19.8 Å². The number of nitrogens with one attached hydrogen (secondary N) is 1. The highest BCUT2D eigenvalue weighted by Gasteiger charge is 2.12. The van der Waals surface area contributed by atoms with Gasteiger partial charge in [-0.2, -0.15) is 0 Å². The Hall–Kier alpha value is -2.30. The number of primary sulfonamides is 1. The SMILES string of the molecule is NC(=NCc1ccc(S(N)(=O)=O)s1)Nc1ccc2c(c1)OCCCO2. The number of anilines is 1. The molecule has 0 amide bonds. The number of hydrogen-bond acceptors (Lipinski definition) is 6. The number of sulfonamides is 1. The number of thiophene rings is 1. The minimum Gasteiger partial charge on any atom is -0.490 e. The second-order valence-electron chi connectivity index (χ2n) is 5.30. The van der Waals surface area contributed by atoms with Crippen molar-refractivity contribution in [2.24, 2.45) is 15.9 Å². The Morgan fingerprint density at radius 1 is 1.20 bits per heavy atom. The maximum atomic E-state index is 11.3. The molecule has 1 aromatic carbocycles. The number of nitrogens with two attached hydrogens (primary N) is 2. The molecule has 1 aliphatic heterocycles. The van der Waals surface area contributed by atoms with Crippen LogP contribution in [0.1, 0.15) is 11.3 Å². The Balaban J connectivity index is 1.65. The van der Waals surface area contributed by atoms with Crippen LogP contribution < -0.4 is 25.7 Å². The smallest absolute Gasteiger partial charge is 0.247 e. The lowest BCUT2D eigenvalue weighted by Gasteiger charge is -2.10. The van der Waals surface area contributed by atoms with E-state index in [-0.39, 0.29) is 16.7 Å². The molecular weight excluding hydrogens is 364 g/mol. The predicted molar refractivity (Wildman–Crippen MR) is 96.7 cm³/mol. The van der Waals surface area contributed by atoms with E-state index in [1.807, 2.05) is 12.1 Å². The van der Waals surface area contributed by atoms with Crippen molar-refractivity contribution < 1.29 is 17.9 Å². The molecule has 3 rings (SSSR count). The number of rotatable bonds is 4. The van der Waals surface area contributed by atoms with E-state index in [4.69, 9.17) is 20.3 Å². The standard InChI is InChI=1S/C15H18N4O4S2/c16-15(18-9-11-3-5-14(24-11)25(17,20)21)19-10-2-4-12-13(8-10)23-7-1-6-22-12/h2-5,8H,1,6-7,9H2,(H3,16,18,19)(H2,17,20,21). The fourth-order valence-corrected chi connectivity index (χ4v) is 3.89. The van der Waals surface area contributed by atoms with Gasteiger partial charge in [-0.05, 0) is 24.3 Å². The Kier molecular flexibility index (Phi) is 5.11. The molecule has 0 aliphatic carbocycles. The molecule has 1 aromatic heterocycles. The number of ether oxygens (including phenoxy) is 2. The lowest BCUT2D eigenvalue weighted by atomic mass is 10.3. The van der Waals surface area contributed by atoms with Crippen LogP contribution in [0.3, 0.4) is 0 Å². The highest BCUT2D eigenvalue weighted by molar-refractivity contribution is 7.91. The molecule has 0 radical (unpaired) electrons. The molecule has 10 heteroatoms. The molecule has 134 valence electrons. The average molecular weight is 382 g/mol. The Morgan fingerprint density at radius 2 is 1.96 bits per heavy atom. The zero-order chi connectivity index (χ0) is 17.9. The summed E-state index contributed by atoms with van der Waals surface area (Å²) >= 11 is 1.07. The van der Waals surface area contributed by atoms with Gasteiger partial charge in [0.2, 0.25) is 10.0 Å². The molecule has 5 N–H and O–H groups in total. The normalized spacial score (nSPS) is 14.8. The third-order valence-electron chi connectivity index (χ3n) is 3.34. The van der Waals surface area contributed by atoms with Crippen molar-refractivity contribution in [1.82, 2.24) is 0 Å². The second kappa shape index (κ2) is 7.30. The molecule has 0 saturated carbocycles. The molecule has 0 spiro atoms. The van der Waals surface area contributed by atoms with E-state index in [0.717, 1.165) is 28.3 Å². The van der Waals surface area contributed by atoms with E-state index in [1.54, 1.807) is 12.1 Å². The van der Waals surface area contributed by atoms with Gasteiger partial charge in [0.1, 0.15) is 4.21 Å². The average Bonchev–Trinajstić information content (AvgIpc) is 2.92. The van der Waals surface area contributed by atoms with Crippen molar-refractivity contribution in [3.8, 4) is 11.5 Å². The zero-order valence-corrected chi connectivity index (χ0v) is 14.9. The van der Waals surface area contributed by atoms with Crippen LogP contribution in [0.25, 0.3) is 0 Å². The van der Waals surface area contributed by atoms with Gasteiger partial charge in [-0.3, -0.25) is 0 Å². The van der Waals surface area contributed by atoms with Crippen LogP contribution in [-0.2, 0) is 16.6 Å². The van der Waals surface area contributed by atoms with E-state index in [1.165, 1.54) is 6.07 Å². The minimum atomic E-state index is -3.68. The molecule has 0 fully saturated rings. The molecule has 2 heterocycles. The highest BCUT2D eigenvalue weighted by atomic mass is 32.2. The van der Waals surface area contributed by atoms with E-state index in [2.05, 4.69) is 10.3 Å². The molecule has 0 atom stereocenters. The topological polar surface area (TPSA) is 129 Å². The van der Waals surface area contributed by atoms with Gasteiger partial charge in [-0.25, -0.2) is 18.5 Å². The number of benzene rings is 1. The summed E-state index contributed by atoms with van der Waals surface area (Å²) in [4.78, 5) is 4.94.